The van der Waals surface area contributed by atoms with Gasteiger partial charge in [-0.2, -0.15) is 0 Å². The van der Waals surface area contributed by atoms with Crippen LogP contribution < -0.4 is 55.3 Å². The van der Waals surface area contributed by atoms with Gasteiger partial charge in [-0.1, -0.05) is 0 Å². The first kappa shape index (κ1) is 37.8. The third kappa shape index (κ3) is 19.5. The van der Waals surface area contributed by atoms with Gasteiger partial charge in [-0.3, -0.25) is 43.5 Å². The van der Waals surface area contributed by atoms with Crippen LogP contribution in [0.4, 0.5) is 0 Å². The van der Waals surface area contributed by atoms with Crippen LogP contribution in [0.1, 0.15) is 32.1 Å². The molecular weight excluding hydrogens is 576 g/mol. The minimum atomic E-state index is -1.44. The minimum Gasteiger partial charge on any atom is -0.481 e. The van der Waals surface area contributed by atoms with Crippen LogP contribution in [0.2, 0.25) is 0 Å². The fraction of sp³-hybridized carbons (Fsp3) is 0.591. The fourth-order valence-electron chi connectivity index (χ4n) is 3.17. The van der Waals surface area contributed by atoms with Crippen molar-refractivity contribution in [1.82, 2.24) is 26.6 Å². The van der Waals surface area contributed by atoms with Crippen molar-refractivity contribution in [2.24, 2.45) is 38.7 Å². The first-order chi connectivity index (χ1) is 20.1. The standard InChI is InChI=1S/C22H40N12O9/c23-11(7-16(37)38)18(41)34-13(4-2-6-29-22(26)27)20(43)31-8-14(35)30-9-15(36)33-12(3-1-5-28-21(24)25)19(42)32-10-17(39)40/h11-13H,1-10,23H2,(H,30,35)(H,31,43)(H,32,42)(H,33,36)(H,34,41)(H,37,38)(H,39,40)(H4,24,25,28)(H4,26,27,29)/t11-,12-,13-/m0/s1. The summed E-state index contributed by atoms with van der Waals surface area (Å²) in [6.07, 6.45) is -0.148. The third-order valence-electron chi connectivity index (χ3n) is 5.19. The van der Waals surface area contributed by atoms with E-state index < -0.39 is 85.7 Å². The van der Waals surface area contributed by atoms with E-state index in [9.17, 15) is 33.6 Å². The van der Waals surface area contributed by atoms with Crippen molar-refractivity contribution >= 4 is 53.4 Å². The van der Waals surface area contributed by atoms with Gasteiger partial charge in [0.15, 0.2) is 11.9 Å². The lowest BCUT2D eigenvalue weighted by Crippen LogP contribution is -2.53. The third-order valence-corrected chi connectivity index (χ3v) is 5.19. The Morgan fingerprint density at radius 1 is 0.605 bits per heavy atom. The molecule has 43 heavy (non-hydrogen) atoms. The van der Waals surface area contributed by atoms with Gasteiger partial charge in [0.2, 0.25) is 29.5 Å². The Morgan fingerprint density at radius 2 is 1.07 bits per heavy atom. The predicted molar refractivity (Wildman–Crippen MR) is 151 cm³/mol. The number of carboxylic acid groups (broad SMARTS) is 2. The summed E-state index contributed by atoms with van der Waals surface area (Å²) in [4.78, 5) is 90.8. The van der Waals surface area contributed by atoms with Crippen molar-refractivity contribution in [3.8, 4) is 0 Å². The largest absolute Gasteiger partial charge is 0.481 e. The van der Waals surface area contributed by atoms with Gasteiger partial charge in [0.1, 0.15) is 18.6 Å². The summed E-state index contributed by atoms with van der Waals surface area (Å²) in [6, 6.07) is -3.82. The van der Waals surface area contributed by atoms with Crippen molar-refractivity contribution < 1.29 is 43.8 Å². The number of guanidine groups is 2. The molecule has 0 aromatic heterocycles. The average molecular weight is 617 g/mol. The topological polar surface area (TPSA) is 375 Å². The highest BCUT2D eigenvalue weighted by molar-refractivity contribution is 5.94. The quantitative estimate of drug-likeness (QED) is 0.0324. The number of nitrogens with one attached hydrogen (secondary N) is 5. The van der Waals surface area contributed by atoms with Crippen molar-refractivity contribution in [3.63, 3.8) is 0 Å². The van der Waals surface area contributed by atoms with E-state index in [2.05, 4.69) is 36.6 Å². The molecule has 3 atom stereocenters. The number of hydrogen-bond donors (Lipinski definition) is 12. The van der Waals surface area contributed by atoms with Crippen LogP contribution in [0.15, 0.2) is 9.98 Å². The van der Waals surface area contributed by atoms with Crippen molar-refractivity contribution in [3.05, 3.63) is 0 Å². The molecule has 0 aliphatic heterocycles. The molecule has 17 N–H and O–H groups in total. The summed E-state index contributed by atoms with van der Waals surface area (Å²) in [7, 11) is 0. The Hall–Kier alpha value is -5.21. The average Bonchev–Trinajstić information content (AvgIpc) is 2.91. The van der Waals surface area contributed by atoms with Gasteiger partial charge in [0, 0.05) is 13.1 Å². The summed E-state index contributed by atoms with van der Waals surface area (Å²) in [5, 5.41) is 28.9. The number of nitrogens with zero attached hydrogens (tertiary/aromatic N) is 2. The van der Waals surface area contributed by atoms with E-state index in [4.69, 9.17) is 38.9 Å². The normalized spacial score (nSPS) is 12.3. The van der Waals surface area contributed by atoms with Crippen LogP contribution in [0.25, 0.3) is 0 Å². The van der Waals surface area contributed by atoms with E-state index >= 15 is 0 Å². The van der Waals surface area contributed by atoms with Crippen LogP contribution in [0.5, 0.6) is 0 Å². The van der Waals surface area contributed by atoms with Crippen LogP contribution in [-0.2, 0) is 33.6 Å². The number of nitrogens with two attached hydrogens (primary N) is 5. The maximum Gasteiger partial charge on any atom is 0.322 e. The van der Waals surface area contributed by atoms with E-state index in [1.807, 2.05) is 0 Å². The number of rotatable bonds is 21. The number of carbonyl (C=O) groups excluding carboxylic acids is 5. The van der Waals surface area contributed by atoms with E-state index in [-0.39, 0.29) is 50.7 Å². The molecule has 0 bridgehead atoms. The van der Waals surface area contributed by atoms with Gasteiger partial charge in [0.25, 0.3) is 0 Å². The molecular formula is C22H40N12O9. The number of carboxylic acids is 2. The molecule has 0 unspecified atom stereocenters. The van der Waals surface area contributed by atoms with Gasteiger partial charge in [-0.15, -0.1) is 0 Å². The SMILES string of the molecule is NC(N)=NCCC[C@H](NC(=O)CNC(=O)CNC(=O)[C@H](CCCN=C(N)N)NC(=O)[C@@H](N)CC(=O)O)C(=O)NCC(=O)O. The van der Waals surface area contributed by atoms with E-state index in [1.54, 1.807) is 0 Å². The van der Waals surface area contributed by atoms with Gasteiger partial charge in [0.05, 0.1) is 25.6 Å². The summed E-state index contributed by atoms with van der Waals surface area (Å²) in [5.41, 5.74) is 26.5. The van der Waals surface area contributed by atoms with Gasteiger partial charge in [-0.25, -0.2) is 0 Å². The number of aliphatic imine (C=N–C) groups is 2. The van der Waals surface area contributed by atoms with Crippen molar-refractivity contribution in [2.45, 2.75) is 50.2 Å². The molecule has 21 heteroatoms. The Labute approximate surface area is 245 Å². The molecule has 0 aromatic carbocycles. The second-order valence-electron chi connectivity index (χ2n) is 8.89. The van der Waals surface area contributed by atoms with Crippen molar-refractivity contribution in [1.29, 1.82) is 0 Å². The molecule has 0 aromatic rings. The lowest BCUT2D eigenvalue weighted by molar-refractivity contribution is -0.140. The predicted octanol–water partition coefficient (Wildman–Crippen LogP) is -6.70. The summed E-state index contributed by atoms with van der Waals surface area (Å²) in [6.45, 7) is -1.65. The second kappa shape index (κ2) is 20.6. The molecule has 5 amide bonds. The fourth-order valence-corrected chi connectivity index (χ4v) is 3.17. The number of hydrogen-bond acceptors (Lipinski definition) is 10. The highest BCUT2D eigenvalue weighted by Crippen LogP contribution is 2.01. The Bertz CT molecular complexity index is 1060. The minimum absolute atomic E-state index is 0.00663. The van der Waals surface area contributed by atoms with Gasteiger partial charge in [-0.05, 0) is 25.7 Å². The number of carbonyl (C=O) groups is 7. The Morgan fingerprint density at radius 3 is 1.53 bits per heavy atom. The van der Waals surface area contributed by atoms with Crippen LogP contribution in [0.3, 0.4) is 0 Å². The van der Waals surface area contributed by atoms with Crippen molar-refractivity contribution in [2.75, 3.05) is 32.7 Å². The zero-order chi connectivity index (χ0) is 32.9. The van der Waals surface area contributed by atoms with Crippen LogP contribution in [-0.4, -0.2) is 114 Å². The molecule has 0 rings (SSSR count). The lowest BCUT2D eigenvalue weighted by atomic mass is 10.1. The molecule has 0 saturated carbocycles. The van der Waals surface area contributed by atoms with Gasteiger partial charge >= 0.3 is 11.9 Å². The van der Waals surface area contributed by atoms with E-state index in [1.165, 1.54) is 0 Å². The maximum absolute atomic E-state index is 12.7. The zero-order valence-electron chi connectivity index (χ0n) is 23.3. The summed E-state index contributed by atoms with van der Waals surface area (Å²) < 4.78 is 0. The Kier molecular flexibility index (Phi) is 18.1. The molecule has 0 aliphatic rings. The van der Waals surface area contributed by atoms with E-state index in [0.29, 0.717) is 0 Å². The first-order valence-corrected chi connectivity index (χ1v) is 12.8. The molecule has 0 saturated heterocycles. The number of aliphatic carboxylic acids is 2. The smallest absolute Gasteiger partial charge is 0.322 e. The molecule has 0 spiro atoms. The lowest BCUT2D eigenvalue weighted by Gasteiger charge is -2.20. The number of amides is 5. The van der Waals surface area contributed by atoms with E-state index in [0.717, 1.165) is 0 Å². The van der Waals surface area contributed by atoms with Gasteiger partial charge < -0.3 is 65.5 Å². The zero-order valence-corrected chi connectivity index (χ0v) is 23.3. The molecule has 0 aliphatic carbocycles. The molecule has 0 fully saturated rings. The molecule has 0 radical (unpaired) electrons. The summed E-state index contributed by atoms with van der Waals surface area (Å²) >= 11 is 0. The summed E-state index contributed by atoms with van der Waals surface area (Å²) in [5.74, 6) is -7.09. The highest BCUT2D eigenvalue weighted by Gasteiger charge is 2.25. The first-order valence-electron chi connectivity index (χ1n) is 12.8. The van der Waals surface area contributed by atoms with Crippen LogP contribution in [0, 0.1) is 0 Å². The maximum atomic E-state index is 12.7. The monoisotopic (exact) mass is 616 g/mol. The molecule has 21 nitrogen and oxygen atoms in total. The molecule has 0 heterocycles. The molecule has 242 valence electrons. The van der Waals surface area contributed by atoms with Crippen LogP contribution >= 0.6 is 0 Å². The highest BCUT2D eigenvalue weighted by atomic mass is 16.4. The Balaban J connectivity index is 5.03. The second-order valence-corrected chi connectivity index (χ2v) is 8.89.